The number of pyridine rings is 1. The largest absolute Gasteiger partial charge is 0.370 e. The van der Waals surface area contributed by atoms with E-state index in [4.69, 9.17) is 17.3 Å². The van der Waals surface area contributed by atoms with E-state index in [-0.39, 0.29) is 17.8 Å². The molecule has 0 bridgehead atoms. The van der Waals surface area contributed by atoms with E-state index in [2.05, 4.69) is 44.8 Å². The highest BCUT2D eigenvalue weighted by atomic mass is 35.5. The number of nitrogens with zero attached hydrogens (tertiary/aromatic N) is 5. The summed E-state index contributed by atoms with van der Waals surface area (Å²) >= 11 is 6.13. The second kappa shape index (κ2) is 10.5. The third-order valence-electron chi connectivity index (χ3n) is 6.16. The van der Waals surface area contributed by atoms with Gasteiger partial charge in [-0.15, -0.1) is 16.5 Å². The zero-order chi connectivity index (χ0) is 22.5. The van der Waals surface area contributed by atoms with Crippen molar-refractivity contribution in [1.29, 1.82) is 0 Å². The normalized spacial score (nSPS) is 24.7. The second-order valence-electron chi connectivity index (χ2n) is 8.60. The molecule has 0 aliphatic carbocycles. The lowest BCUT2D eigenvalue weighted by Crippen LogP contribution is -2.62. The van der Waals surface area contributed by atoms with Gasteiger partial charge in [0, 0.05) is 37.9 Å². The Kier molecular flexibility index (Phi) is 8.04. The highest BCUT2D eigenvalue weighted by Gasteiger charge is 2.39. The summed E-state index contributed by atoms with van der Waals surface area (Å²) in [6.07, 6.45) is 4.87. The van der Waals surface area contributed by atoms with Crippen LogP contribution in [0.25, 0.3) is 0 Å². The Hall–Kier alpha value is -2.01. The van der Waals surface area contributed by atoms with Crippen LogP contribution in [0.1, 0.15) is 19.8 Å². The monoisotopic (exact) mass is 452 g/mol. The molecule has 1 aromatic heterocycles. The van der Waals surface area contributed by atoms with E-state index in [0.29, 0.717) is 18.3 Å². The molecule has 4 atom stereocenters. The molecule has 3 rings (SSSR count). The van der Waals surface area contributed by atoms with Crippen molar-refractivity contribution in [3.63, 3.8) is 0 Å². The minimum absolute atomic E-state index is 0.262. The SMILES string of the molecule is CC(N)C(C(=O)Nc1cnccc1N1CCC(N(C)C)CC1)C1NCC(Cl)CN1N=O. The highest BCUT2D eigenvalue weighted by Crippen LogP contribution is 2.29. The molecule has 4 unspecified atom stereocenters. The molecule has 0 aromatic carbocycles. The van der Waals surface area contributed by atoms with Crippen LogP contribution >= 0.6 is 11.6 Å². The third kappa shape index (κ3) is 5.62. The number of rotatable bonds is 7. The first kappa shape index (κ1) is 23.6. The first-order valence-corrected chi connectivity index (χ1v) is 11.1. The van der Waals surface area contributed by atoms with Crippen LogP contribution in [0, 0.1) is 10.8 Å². The molecule has 2 fully saturated rings. The van der Waals surface area contributed by atoms with E-state index in [1.165, 1.54) is 5.01 Å². The van der Waals surface area contributed by atoms with Gasteiger partial charge in [-0.25, -0.2) is 5.01 Å². The van der Waals surface area contributed by atoms with Crippen molar-refractivity contribution in [3.05, 3.63) is 23.4 Å². The summed E-state index contributed by atoms with van der Waals surface area (Å²) in [5.41, 5.74) is 7.74. The minimum Gasteiger partial charge on any atom is -0.370 e. The number of anilines is 2. The number of halogens is 1. The van der Waals surface area contributed by atoms with Gasteiger partial charge in [-0.1, -0.05) is 0 Å². The molecule has 10 nitrogen and oxygen atoms in total. The first-order chi connectivity index (χ1) is 14.8. The van der Waals surface area contributed by atoms with Crippen molar-refractivity contribution in [1.82, 2.24) is 20.2 Å². The molecule has 11 heteroatoms. The van der Waals surface area contributed by atoms with Gasteiger partial charge in [-0.3, -0.25) is 15.1 Å². The lowest BCUT2D eigenvalue weighted by Gasteiger charge is -2.40. The second-order valence-corrected chi connectivity index (χ2v) is 9.22. The van der Waals surface area contributed by atoms with Crippen LogP contribution in [-0.2, 0) is 4.79 Å². The number of nitroso groups, excluding NO2 is 1. The Balaban J connectivity index is 1.75. The maximum absolute atomic E-state index is 13.3. The summed E-state index contributed by atoms with van der Waals surface area (Å²) in [7, 11) is 4.21. The summed E-state index contributed by atoms with van der Waals surface area (Å²) in [5, 5.41) is 10.2. The standard InChI is InChI=1S/C20H33ClN8O2/c1-13(22)18(19-24-10-14(21)12-29(19)26-31)20(30)25-16-11-23-7-4-17(16)28-8-5-15(6-9-28)27(2)3/h4,7,11,13-15,18-19,24H,5-6,8-10,12,22H2,1-3H3,(H,25,30). The molecule has 0 spiro atoms. The van der Waals surface area contributed by atoms with Gasteiger partial charge < -0.3 is 20.9 Å². The zero-order valence-electron chi connectivity index (χ0n) is 18.4. The third-order valence-corrected chi connectivity index (χ3v) is 6.45. The van der Waals surface area contributed by atoms with Crippen LogP contribution in [0.3, 0.4) is 0 Å². The number of alkyl halides is 1. The molecule has 2 aliphatic heterocycles. The fourth-order valence-corrected chi connectivity index (χ4v) is 4.63. The Morgan fingerprint density at radius 1 is 1.42 bits per heavy atom. The molecule has 2 aliphatic rings. The van der Waals surface area contributed by atoms with Crippen molar-refractivity contribution in [2.24, 2.45) is 16.9 Å². The van der Waals surface area contributed by atoms with Crippen LogP contribution in [0.15, 0.2) is 23.7 Å². The number of nitrogens with two attached hydrogens (primary N) is 1. The van der Waals surface area contributed by atoms with E-state index in [0.717, 1.165) is 31.6 Å². The van der Waals surface area contributed by atoms with Gasteiger partial charge in [-0.05, 0) is 39.9 Å². The fraction of sp³-hybridized carbons (Fsp3) is 0.700. The Morgan fingerprint density at radius 2 is 2.13 bits per heavy atom. The number of amides is 1. The van der Waals surface area contributed by atoms with Gasteiger partial charge in [0.25, 0.3) is 0 Å². The molecule has 172 valence electrons. The summed E-state index contributed by atoms with van der Waals surface area (Å²) < 4.78 is 0. The lowest BCUT2D eigenvalue weighted by atomic mass is 9.95. The van der Waals surface area contributed by atoms with E-state index in [1.54, 1.807) is 19.3 Å². The number of hydrogen-bond donors (Lipinski definition) is 3. The summed E-state index contributed by atoms with van der Waals surface area (Å²) in [4.78, 5) is 33.4. The molecule has 4 N–H and O–H groups in total. The molecular weight excluding hydrogens is 420 g/mol. The van der Waals surface area contributed by atoms with Crippen LogP contribution < -0.4 is 21.3 Å². The molecule has 0 radical (unpaired) electrons. The van der Waals surface area contributed by atoms with Crippen LogP contribution in [0.2, 0.25) is 0 Å². The predicted octanol–water partition coefficient (Wildman–Crippen LogP) is 1.03. The summed E-state index contributed by atoms with van der Waals surface area (Å²) in [6.45, 7) is 4.27. The van der Waals surface area contributed by atoms with Gasteiger partial charge in [-0.2, -0.15) is 0 Å². The Morgan fingerprint density at radius 3 is 2.74 bits per heavy atom. The van der Waals surface area contributed by atoms with Crippen molar-refractivity contribution in [3.8, 4) is 0 Å². The zero-order valence-corrected chi connectivity index (χ0v) is 19.1. The van der Waals surface area contributed by atoms with Crippen LogP contribution in [0.4, 0.5) is 11.4 Å². The van der Waals surface area contributed by atoms with Gasteiger partial charge in [0.05, 0.1) is 40.7 Å². The molecule has 1 amide bonds. The van der Waals surface area contributed by atoms with E-state index >= 15 is 0 Å². The van der Waals surface area contributed by atoms with Gasteiger partial charge in [0.1, 0.15) is 6.17 Å². The van der Waals surface area contributed by atoms with Crippen LogP contribution in [-0.4, -0.2) is 84.7 Å². The molecule has 2 saturated heterocycles. The predicted molar refractivity (Wildman–Crippen MR) is 123 cm³/mol. The van der Waals surface area contributed by atoms with Crippen molar-refractivity contribution in [2.45, 2.75) is 43.4 Å². The van der Waals surface area contributed by atoms with Crippen LogP contribution in [0.5, 0.6) is 0 Å². The van der Waals surface area contributed by atoms with Crippen molar-refractivity contribution >= 4 is 28.9 Å². The van der Waals surface area contributed by atoms with Crippen molar-refractivity contribution < 1.29 is 4.79 Å². The summed E-state index contributed by atoms with van der Waals surface area (Å²) in [5.74, 6) is -0.985. The smallest absolute Gasteiger partial charge is 0.232 e. The van der Waals surface area contributed by atoms with Gasteiger partial charge >= 0.3 is 0 Å². The average Bonchev–Trinajstić information content (AvgIpc) is 2.75. The number of nitrogens with one attached hydrogen (secondary N) is 2. The summed E-state index contributed by atoms with van der Waals surface area (Å²) in [6, 6.07) is 1.97. The van der Waals surface area contributed by atoms with Crippen molar-refractivity contribution in [2.75, 3.05) is 50.5 Å². The van der Waals surface area contributed by atoms with Gasteiger partial charge in [0.15, 0.2) is 0 Å². The Labute approximate surface area is 188 Å². The number of carbonyl (C=O) groups excluding carboxylic acids is 1. The minimum atomic E-state index is -0.700. The van der Waals surface area contributed by atoms with Gasteiger partial charge in [0.2, 0.25) is 5.91 Å². The number of piperidine rings is 1. The van der Waals surface area contributed by atoms with E-state index < -0.39 is 18.1 Å². The number of aromatic nitrogens is 1. The van der Waals surface area contributed by atoms with E-state index in [1.807, 2.05) is 6.07 Å². The quantitative estimate of drug-likeness (QED) is 0.414. The first-order valence-electron chi connectivity index (χ1n) is 10.7. The molecule has 1 aromatic rings. The number of hydrogen-bond acceptors (Lipinski definition) is 8. The molecule has 0 saturated carbocycles. The lowest BCUT2D eigenvalue weighted by molar-refractivity contribution is -0.123. The maximum atomic E-state index is 13.3. The fourth-order valence-electron chi connectivity index (χ4n) is 4.40. The topological polar surface area (TPSA) is 119 Å². The molecule has 3 heterocycles. The Bertz CT molecular complexity index is 756. The van der Waals surface area contributed by atoms with E-state index in [9.17, 15) is 9.70 Å². The molecule has 31 heavy (non-hydrogen) atoms. The number of carbonyl (C=O) groups is 1. The maximum Gasteiger partial charge on any atom is 0.232 e. The molecular formula is C20H33ClN8O2. The highest BCUT2D eigenvalue weighted by molar-refractivity contribution is 6.21. The average molecular weight is 453 g/mol.